The zero-order chi connectivity index (χ0) is 12.2. The number of carbonyl (C=O) groups excluding carboxylic acids is 2. The molecule has 0 spiro atoms. The van der Waals surface area contributed by atoms with Gasteiger partial charge in [0.25, 0.3) is 0 Å². The first kappa shape index (κ1) is 12.6. The maximum atomic E-state index is 11.7. The van der Waals surface area contributed by atoms with Crippen LogP contribution in [0.4, 0.5) is 18.0 Å². The number of hydrogen-bond donors (Lipinski definition) is 3. The van der Waals surface area contributed by atoms with Crippen LogP contribution in [0.25, 0.3) is 0 Å². The molecule has 3 amide bonds. The Balaban J connectivity index is 2.30. The first-order valence-electron chi connectivity index (χ1n) is 4.77. The number of amides is 3. The van der Waals surface area contributed by atoms with E-state index in [2.05, 4.69) is 10.6 Å². The average molecular weight is 239 g/mol. The minimum absolute atomic E-state index is 0.367. The van der Waals surface area contributed by atoms with E-state index >= 15 is 0 Å². The molecule has 0 saturated carbocycles. The highest BCUT2D eigenvalue weighted by Gasteiger charge is 2.29. The van der Waals surface area contributed by atoms with E-state index in [0.29, 0.717) is 19.4 Å². The van der Waals surface area contributed by atoms with E-state index < -0.39 is 24.8 Å². The van der Waals surface area contributed by atoms with Crippen LogP contribution in [0.1, 0.15) is 12.8 Å². The van der Waals surface area contributed by atoms with Crippen molar-refractivity contribution in [2.24, 2.45) is 0 Å². The number of hydrogen-bond acceptors (Lipinski definition) is 2. The fourth-order valence-electron chi connectivity index (χ4n) is 1.30. The molecule has 16 heavy (non-hydrogen) atoms. The Labute approximate surface area is 89.8 Å². The van der Waals surface area contributed by atoms with E-state index in [0.717, 1.165) is 0 Å². The van der Waals surface area contributed by atoms with Crippen LogP contribution >= 0.6 is 0 Å². The Bertz CT molecular complexity index is 280. The van der Waals surface area contributed by atoms with Gasteiger partial charge < -0.3 is 16.0 Å². The first-order valence-corrected chi connectivity index (χ1v) is 4.77. The smallest absolute Gasteiger partial charge is 0.354 e. The molecule has 3 N–H and O–H groups in total. The molecule has 0 bridgehead atoms. The molecule has 5 nitrogen and oxygen atoms in total. The number of carbonyl (C=O) groups is 2. The second kappa shape index (κ2) is 5.04. The summed E-state index contributed by atoms with van der Waals surface area (Å²) in [5.41, 5.74) is 0. The standard InChI is InChI=1S/C8H12F3N3O2/c9-8(10,11)4-13-7(16)14-5-2-1-3-12-6(5)15/h5H,1-4H2,(H,12,15)(H2,13,14,16). The van der Waals surface area contributed by atoms with Gasteiger partial charge in [-0.3, -0.25) is 4.79 Å². The second-order valence-electron chi connectivity index (χ2n) is 3.43. The zero-order valence-electron chi connectivity index (χ0n) is 8.36. The van der Waals surface area contributed by atoms with Crippen LogP contribution in [-0.2, 0) is 4.79 Å². The summed E-state index contributed by atoms with van der Waals surface area (Å²) >= 11 is 0. The van der Waals surface area contributed by atoms with E-state index in [1.165, 1.54) is 0 Å². The second-order valence-corrected chi connectivity index (χ2v) is 3.43. The highest BCUT2D eigenvalue weighted by Crippen LogP contribution is 2.12. The van der Waals surface area contributed by atoms with Crippen molar-refractivity contribution in [2.45, 2.75) is 25.1 Å². The molecule has 1 fully saturated rings. The Morgan fingerprint density at radius 1 is 1.50 bits per heavy atom. The number of alkyl halides is 3. The van der Waals surface area contributed by atoms with Gasteiger partial charge in [0.05, 0.1) is 0 Å². The molecule has 0 aromatic rings. The molecule has 1 rings (SSSR count). The fraction of sp³-hybridized carbons (Fsp3) is 0.750. The van der Waals surface area contributed by atoms with Crippen LogP contribution in [0, 0.1) is 0 Å². The van der Waals surface area contributed by atoms with Crippen molar-refractivity contribution in [1.82, 2.24) is 16.0 Å². The molecule has 1 aliphatic rings. The molecule has 0 aromatic carbocycles. The van der Waals surface area contributed by atoms with Crippen molar-refractivity contribution in [3.63, 3.8) is 0 Å². The molecule has 92 valence electrons. The van der Waals surface area contributed by atoms with Crippen LogP contribution in [0.5, 0.6) is 0 Å². The molecule has 1 heterocycles. The molecule has 1 unspecified atom stereocenters. The van der Waals surface area contributed by atoms with Crippen LogP contribution in [0.15, 0.2) is 0 Å². The number of urea groups is 1. The summed E-state index contributed by atoms with van der Waals surface area (Å²) in [6, 6.07) is -1.73. The number of rotatable bonds is 2. The van der Waals surface area contributed by atoms with Crippen molar-refractivity contribution in [3.8, 4) is 0 Å². The van der Waals surface area contributed by atoms with E-state index in [9.17, 15) is 22.8 Å². The first-order chi connectivity index (χ1) is 7.38. The minimum Gasteiger partial charge on any atom is -0.354 e. The monoisotopic (exact) mass is 239 g/mol. The van der Waals surface area contributed by atoms with Gasteiger partial charge in [-0.2, -0.15) is 13.2 Å². The van der Waals surface area contributed by atoms with Gasteiger partial charge in [-0.1, -0.05) is 0 Å². The summed E-state index contributed by atoms with van der Waals surface area (Å²) in [6.07, 6.45) is -3.33. The summed E-state index contributed by atoms with van der Waals surface area (Å²) < 4.78 is 35.2. The lowest BCUT2D eigenvalue weighted by atomic mass is 10.1. The predicted octanol–water partition coefficient (Wildman–Crippen LogP) is 0.126. The normalized spacial score (nSPS) is 21.2. The fourth-order valence-corrected chi connectivity index (χ4v) is 1.30. The summed E-state index contributed by atoms with van der Waals surface area (Å²) in [5.74, 6) is -0.367. The topological polar surface area (TPSA) is 70.2 Å². The predicted molar refractivity (Wildman–Crippen MR) is 48.6 cm³/mol. The van der Waals surface area contributed by atoms with Gasteiger partial charge in [0, 0.05) is 6.54 Å². The molecule has 1 aliphatic heterocycles. The van der Waals surface area contributed by atoms with Crippen molar-refractivity contribution < 1.29 is 22.8 Å². The van der Waals surface area contributed by atoms with Crippen LogP contribution < -0.4 is 16.0 Å². The zero-order valence-corrected chi connectivity index (χ0v) is 8.36. The molecule has 0 aliphatic carbocycles. The highest BCUT2D eigenvalue weighted by atomic mass is 19.4. The van der Waals surface area contributed by atoms with E-state index in [1.807, 2.05) is 0 Å². The summed E-state index contributed by atoms with van der Waals surface area (Å²) in [4.78, 5) is 22.2. The largest absolute Gasteiger partial charge is 0.405 e. The lowest BCUT2D eigenvalue weighted by Gasteiger charge is -2.22. The molecular formula is C8H12F3N3O2. The Morgan fingerprint density at radius 2 is 2.19 bits per heavy atom. The summed E-state index contributed by atoms with van der Waals surface area (Å²) in [5, 5.41) is 6.32. The van der Waals surface area contributed by atoms with Gasteiger partial charge in [0.15, 0.2) is 0 Å². The number of nitrogens with one attached hydrogen (secondary N) is 3. The molecule has 0 radical (unpaired) electrons. The van der Waals surface area contributed by atoms with Gasteiger partial charge in [-0.25, -0.2) is 4.79 Å². The van der Waals surface area contributed by atoms with Gasteiger partial charge in [-0.05, 0) is 12.8 Å². The average Bonchev–Trinajstić information content (AvgIpc) is 2.18. The van der Waals surface area contributed by atoms with E-state index in [4.69, 9.17) is 0 Å². The van der Waals surface area contributed by atoms with Crippen molar-refractivity contribution in [2.75, 3.05) is 13.1 Å². The third kappa shape index (κ3) is 4.37. The van der Waals surface area contributed by atoms with E-state index in [1.54, 1.807) is 5.32 Å². The van der Waals surface area contributed by atoms with Crippen molar-refractivity contribution in [1.29, 1.82) is 0 Å². The van der Waals surface area contributed by atoms with Crippen molar-refractivity contribution in [3.05, 3.63) is 0 Å². The number of halogens is 3. The highest BCUT2D eigenvalue weighted by molar-refractivity contribution is 5.87. The van der Waals surface area contributed by atoms with Crippen LogP contribution in [0.2, 0.25) is 0 Å². The number of piperidine rings is 1. The molecule has 8 heteroatoms. The summed E-state index contributed by atoms with van der Waals surface area (Å²) in [7, 11) is 0. The van der Waals surface area contributed by atoms with Crippen molar-refractivity contribution >= 4 is 11.9 Å². The van der Waals surface area contributed by atoms with Gasteiger partial charge in [-0.15, -0.1) is 0 Å². The third-order valence-electron chi connectivity index (χ3n) is 2.04. The minimum atomic E-state index is -4.45. The molecular weight excluding hydrogens is 227 g/mol. The lowest BCUT2D eigenvalue weighted by molar-refractivity contribution is -0.124. The van der Waals surface area contributed by atoms with Gasteiger partial charge in [0.2, 0.25) is 5.91 Å². The lowest BCUT2D eigenvalue weighted by Crippen LogP contribution is -2.53. The maximum Gasteiger partial charge on any atom is 0.405 e. The van der Waals surface area contributed by atoms with Crippen LogP contribution in [-0.4, -0.2) is 37.2 Å². The SMILES string of the molecule is O=C(NCC(F)(F)F)NC1CCCNC1=O. The van der Waals surface area contributed by atoms with Gasteiger partial charge in [0.1, 0.15) is 12.6 Å². The Hall–Kier alpha value is -1.47. The van der Waals surface area contributed by atoms with Crippen LogP contribution in [0.3, 0.4) is 0 Å². The Kier molecular flexibility index (Phi) is 3.97. The molecule has 0 aromatic heterocycles. The summed E-state index contributed by atoms with van der Waals surface area (Å²) in [6.45, 7) is -0.881. The maximum absolute atomic E-state index is 11.7. The van der Waals surface area contributed by atoms with Gasteiger partial charge >= 0.3 is 12.2 Å². The van der Waals surface area contributed by atoms with E-state index in [-0.39, 0.29) is 5.91 Å². The quantitative estimate of drug-likeness (QED) is 0.641. The molecule has 1 atom stereocenters. The Morgan fingerprint density at radius 3 is 2.75 bits per heavy atom. The third-order valence-corrected chi connectivity index (χ3v) is 2.04. The molecule has 1 saturated heterocycles.